The van der Waals surface area contributed by atoms with Gasteiger partial charge in [0, 0.05) is 31.3 Å². The van der Waals surface area contributed by atoms with Crippen LogP contribution in [0.2, 0.25) is 0 Å². The Kier molecular flexibility index (Phi) is 5.29. The first kappa shape index (κ1) is 17.1. The molecule has 1 aliphatic heterocycles. The first-order valence-corrected chi connectivity index (χ1v) is 8.99. The van der Waals surface area contributed by atoms with E-state index in [4.69, 9.17) is 4.74 Å². The summed E-state index contributed by atoms with van der Waals surface area (Å²) in [7, 11) is 1.65. The van der Waals surface area contributed by atoms with Gasteiger partial charge >= 0.3 is 0 Å². The fourth-order valence-corrected chi connectivity index (χ4v) is 3.97. The van der Waals surface area contributed by atoms with Crippen LogP contribution in [0.15, 0.2) is 24.3 Å². The Labute approximate surface area is 144 Å². The quantitative estimate of drug-likeness (QED) is 0.870. The van der Waals surface area contributed by atoms with Gasteiger partial charge in [0.25, 0.3) is 0 Å². The molecule has 1 aliphatic carbocycles. The third-order valence-corrected chi connectivity index (χ3v) is 5.42. The minimum atomic E-state index is -0.503. The van der Waals surface area contributed by atoms with Crippen LogP contribution in [-0.4, -0.2) is 48.3 Å². The SMILES string of the molecule is COc1ccc(NC2(C(=O)N3CC[C@@H](CO)C3)CCCCC2)cc1. The summed E-state index contributed by atoms with van der Waals surface area (Å²) in [5.74, 6) is 1.25. The second-order valence-electron chi connectivity index (χ2n) is 7.08. The van der Waals surface area contributed by atoms with Crippen LogP contribution >= 0.6 is 0 Å². The van der Waals surface area contributed by atoms with E-state index in [1.807, 2.05) is 29.2 Å². The van der Waals surface area contributed by atoms with Crippen LogP contribution in [0, 0.1) is 5.92 Å². The molecule has 0 bridgehead atoms. The van der Waals surface area contributed by atoms with Gasteiger partial charge in [0.2, 0.25) is 5.91 Å². The van der Waals surface area contributed by atoms with Crippen molar-refractivity contribution in [3.63, 3.8) is 0 Å². The zero-order valence-corrected chi connectivity index (χ0v) is 14.5. The number of aliphatic hydroxyl groups is 1. The molecule has 1 aromatic carbocycles. The average Bonchev–Trinajstić information content (AvgIpc) is 3.11. The minimum absolute atomic E-state index is 0.169. The molecule has 5 nitrogen and oxygen atoms in total. The maximum absolute atomic E-state index is 13.3. The second kappa shape index (κ2) is 7.43. The van der Waals surface area contributed by atoms with Gasteiger partial charge in [-0.05, 0) is 43.5 Å². The molecule has 1 saturated carbocycles. The molecule has 24 heavy (non-hydrogen) atoms. The van der Waals surface area contributed by atoms with E-state index in [1.165, 1.54) is 6.42 Å². The van der Waals surface area contributed by atoms with Crippen LogP contribution in [-0.2, 0) is 4.79 Å². The summed E-state index contributed by atoms with van der Waals surface area (Å²) in [6.45, 7) is 1.61. The van der Waals surface area contributed by atoms with Gasteiger partial charge in [0.15, 0.2) is 0 Å². The standard InChI is InChI=1S/C19H28N2O3/c1-24-17-7-5-16(6-8-17)20-19(10-3-2-4-11-19)18(23)21-12-9-15(13-21)14-22/h5-8,15,20,22H,2-4,9-14H2,1H3/t15-/m1/s1. The van der Waals surface area contributed by atoms with Gasteiger partial charge < -0.3 is 20.1 Å². The first-order chi connectivity index (χ1) is 11.7. The molecule has 1 saturated heterocycles. The topological polar surface area (TPSA) is 61.8 Å². The number of carbonyl (C=O) groups excluding carboxylic acids is 1. The van der Waals surface area contributed by atoms with E-state index in [0.717, 1.165) is 50.1 Å². The van der Waals surface area contributed by atoms with E-state index in [1.54, 1.807) is 7.11 Å². The first-order valence-electron chi connectivity index (χ1n) is 8.99. The van der Waals surface area contributed by atoms with Gasteiger partial charge in [0.1, 0.15) is 11.3 Å². The van der Waals surface area contributed by atoms with Crippen molar-refractivity contribution in [2.24, 2.45) is 5.92 Å². The summed E-state index contributed by atoms with van der Waals surface area (Å²) in [4.78, 5) is 15.2. The number of likely N-dealkylation sites (tertiary alicyclic amines) is 1. The van der Waals surface area contributed by atoms with Crippen molar-refractivity contribution in [3.8, 4) is 5.75 Å². The molecule has 1 atom stereocenters. The Morgan fingerprint density at radius 2 is 2.00 bits per heavy atom. The molecule has 2 fully saturated rings. The highest BCUT2D eigenvalue weighted by Crippen LogP contribution is 2.35. The number of nitrogens with one attached hydrogen (secondary N) is 1. The maximum Gasteiger partial charge on any atom is 0.248 e. The number of hydrogen-bond donors (Lipinski definition) is 2. The van der Waals surface area contributed by atoms with Crippen LogP contribution in [0.3, 0.4) is 0 Å². The molecular weight excluding hydrogens is 304 g/mol. The fourth-order valence-electron chi connectivity index (χ4n) is 3.97. The molecule has 0 unspecified atom stereocenters. The number of nitrogens with zero attached hydrogens (tertiary/aromatic N) is 1. The number of ether oxygens (including phenoxy) is 1. The zero-order chi connectivity index (χ0) is 17.0. The number of aliphatic hydroxyl groups excluding tert-OH is 1. The molecule has 0 radical (unpaired) electrons. The highest BCUT2D eigenvalue weighted by molar-refractivity contribution is 5.90. The Balaban J connectivity index is 1.77. The van der Waals surface area contributed by atoms with Crippen molar-refractivity contribution in [2.75, 3.05) is 32.1 Å². The molecule has 0 spiro atoms. The molecule has 1 aromatic rings. The van der Waals surface area contributed by atoms with Gasteiger partial charge in [-0.3, -0.25) is 4.79 Å². The molecule has 1 amide bonds. The molecule has 2 aliphatic rings. The molecule has 2 N–H and O–H groups in total. The van der Waals surface area contributed by atoms with Gasteiger partial charge in [-0.2, -0.15) is 0 Å². The summed E-state index contributed by atoms with van der Waals surface area (Å²) >= 11 is 0. The number of rotatable bonds is 5. The zero-order valence-electron chi connectivity index (χ0n) is 14.5. The summed E-state index contributed by atoms with van der Waals surface area (Å²) < 4.78 is 5.21. The fraction of sp³-hybridized carbons (Fsp3) is 0.632. The molecule has 3 rings (SSSR count). The summed E-state index contributed by atoms with van der Waals surface area (Å²) in [5, 5.41) is 12.9. The smallest absolute Gasteiger partial charge is 0.248 e. The van der Waals surface area contributed by atoms with E-state index in [0.29, 0.717) is 6.54 Å². The third-order valence-electron chi connectivity index (χ3n) is 5.42. The van der Waals surface area contributed by atoms with Gasteiger partial charge in [-0.1, -0.05) is 19.3 Å². The van der Waals surface area contributed by atoms with E-state index in [2.05, 4.69) is 5.32 Å². The molecule has 132 valence electrons. The Bertz CT molecular complexity index is 552. The van der Waals surface area contributed by atoms with Crippen molar-refractivity contribution in [3.05, 3.63) is 24.3 Å². The lowest BCUT2D eigenvalue weighted by atomic mass is 9.80. The Hall–Kier alpha value is -1.75. The highest BCUT2D eigenvalue weighted by atomic mass is 16.5. The van der Waals surface area contributed by atoms with Crippen LogP contribution in [0.5, 0.6) is 5.75 Å². The van der Waals surface area contributed by atoms with Crippen molar-refractivity contribution in [1.82, 2.24) is 4.90 Å². The number of anilines is 1. The number of amides is 1. The van der Waals surface area contributed by atoms with Crippen molar-refractivity contribution in [2.45, 2.75) is 44.1 Å². The predicted octanol–water partition coefficient (Wildman–Crippen LogP) is 2.65. The average molecular weight is 332 g/mol. The van der Waals surface area contributed by atoms with Crippen molar-refractivity contribution < 1.29 is 14.6 Å². The lowest BCUT2D eigenvalue weighted by Crippen LogP contribution is -2.54. The lowest BCUT2D eigenvalue weighted by molar-refractivity contribution is -0.136. The third kappa shape index (κ3) is 3.51. The molecular formula is C19H28N2O3. The van der Waals surface area contributed by atoms with Crippen LogP contribution < -0.4 is 10.1 Å². The maximum atomic E-state index is 13.3. The van der Waals surface area contributed by atoms with Gasteiger partial charge in [-0.25, -0.2) is 0 Å². The van der Waals surface area contributed by atoms with Crippen LogP contribution in [0.1, 0.15) is 38.5 Å². The van der Waals surface area contributed by atoms with E-state index in [-0.39, 0.29) is 18.4 Å². The summed E-state index contributed by atoms with van der Waals surface area (Å²) in [5.41, 5.74) is 0.459. The van der Waals surface area contributed by atoms with Gasteiger partial charge in [0.05, 0.1) is 7.11 Å². The number of methoxy groups -OCH3 is 1. The van der Waals surface area contributed by atoms with Crippen molar-refractivity contribution >= 4 is 11.6 Å². The summed E-state index contributed by atoms with van der Waals surface area (Å²) in [6, 6.07) is 7.79. The Morgan fingerprint density at radius 3 is 2.58 bits per heavy atom. The monoisotopic (exact) mass is 332 g/mol. The molecule has 1 heterocycles. The summed E-state index contributed by atoms with van der Waals surface area (Å²) in [6.07, 6.45) is 5.99. The van der Waals surface area contributed by atoms with E-state index >= 15 is 0 Å². The van der Waals surface area contributed by atoms with Gasteiger partial charge in [-0.15, -0.1) is 0 Å². The normalized spacial score (nSPS) is 23.1. The second-order valence-corrected chi connectivity index (χ2v) is 7.08. The van der Waals surface area contributed by atoms with Crippen molar-refractivity contribution in [1.29, 1.82) is 0 Å². The highest BCUT2D eigenvalue weighted by Gasteiger charge is 2.43. The molecule has 5 heteroatoms. The number of carbonyl (C=O) groups is 1. The largest absolute Gasteiger partial charge is 0.497 e. The van der Waals surface area contributed by atoms with E-state index in [9.17, 15) is 9.90 Å². The Morgan fingerprint density at radius 1 is 1.29 bits per heavy atom. The minimum Gasteiger partial charge on any atom is -0.497 e. The lowest BCUT2D eigenvalue weighted by Gasteiger charge is -2.40. The van der Waals surface area contributed by atoms with Crippen LogP contribution in [0.25, 0.3) is 0 Å². The molecule has 0 aromatic heterocycles. The number of benzene rings is 1. The van der Waals surface area contributed by atoms with Crippen LogP contribution in [0.4, 0.5) is 5.69 Å². The number of hydrogen-bond acceptors (Lipinski definition) is 4. The predicted molar refractivity (Wildman–Crippen MR) is 94.2 cm³/mol. The van der Waals surface area contributed by atoms with E-state index < -0.39 is 5.54 Å².